The van der Waals surface area contributed by atoms with E-state index in [4.69, 9.17) is 14.0 Å². The van der Waals surface area contributed by atoms with Gasteiger partial charge in [0.2, 0.25) is 0 Å². The van der Waals surface area contributed by atoms with E-state index < -0.39 is 5.60 Å². The van der Waals surface area contributed by atoms with Crippen LogP contribution in [0.25, 0.3) is 0 Å². The molecule has 0 aromatic rings. The number of rotatable bonds is 5. The van der Waals surface area contributed by atoms with E-state index in [2.05, 4.69) is 32.9 Å². The Morgan fingerprint density at radius 3 is 2.62 bits per heavy atom. The van der Waals surface area contributed by atoms with Crippen LogP contribution in [0.15, 0.2) is 12.2 Å². The number of carbonyl (C=O) groups is 1. The first-order chi connectivity index (χ1) is 11.9. The molecular weight excluding hydrogens is 327 g/mol. The van der Waals surface area contributed by atoms with Gasteiger partial charge in [0.15, 0.2) is 0 Å². The number of allylic oxidation sites excluding steroid dienone is 2. The van der Waals surface area contributed by atoms with Crippen LogP contribution in [-0.4, -0.2) is 30.4 Å². The third kappa shape index (κ3) is 3.75. The molecule has 0 spiro atoms. The van der Waals surface area contributed by atoms with Crippen molar-refractivity contribution in [3.8, 4) is 0 Å². The van der Waals surface area contributed by atoms with Gasteiger partial charge < -0.3 is 14.0 Å². The summed E-state index contributed by atoms with van der Waals surface area (Å²) in [4.78, 5) is 11.9. The van der Waals surface area contributed by atoms with Gasteiger partial charge in [-0.3, -0.25) is 4.79 Å². The molecule has 5 atom stereocenters. The number of ether oxygens (including phenoxy) is 1. The fraction of sp³-hybridized carbons (Fsp3) is 0.857. The predicted molar refractivity (Wildman–Crippen MR) is 104 cm³/mol. The van der Waals surface area contributed by atoms with E-state index in [0.29, 0.717) is 17.8 Å². The van der Waals surface area contributed by atoms with Gasteiger partial charge in [-0.25, -0.2) is 0 Å². The summed E-state index contributed by atoms with van der Waals surface area (Å²) in [5, 5.41) is 0. The molecule has 1 heterocycles. The van der Waals surface area contributed by atoms with Crippen LogP contribution in [0.1, 0.15) is 67.7 Å². The molecule has 1 unspecified atom stereocenters. The van der Waals surface area contributed by atoms with Crippen molar-refractivity contribution >= 4 is 13.1 Å². The SMILES string of the molecule is C[C@H](/C=C\CB1OC2C[C@@H]3C[C@@H](C3(C)C)[C@]2(C)O1)CC(=O)OC(C)(C)C. The van der Waals surface area contributed by atoms with Crippen LogP contribution in [0.4, 0.5) is 0 Å². The molecule has 3 aliphatic carbocycles. The Bertz CT molecular complexity index is 579. The van der Waals surface area contributed by atoms with E-state index in [0.717, 1.165) is 18.7 Å². The summed E-state index contributed by atoms with van der Waals surface area (Å²) in [6.07, 6.45) is 7.94. The summed E-state index contributed by atoms with van der Waals surface area (Å²) in [6, 6.07) is 0. The van der Waals surface area contributed by atoms with Gasteiger partial charge in [-0.15, -0.1) is 0 Å². The molecule has 5 heteroatoms. The van der Waals surface area contributed by atoms with E-state index in [1.807, 2.05) is 27.7 Å². The fourth-order valence-corrected chi connectivity index (χ4v) is 5.19. The molecule has 0 aromatic heterocycles. The molecule has 4 nitrogen and oxygen atoms in total. The first-order valence-electron chi connectivity index (χ1n) is 10.1. The average Bonchev–Trinajstić information content (AvgIpc) is 2.80. The lowest BCUT2D eigenvalue weighted by Gasteiger charge is -2.64. The highest BCUT2D eigenvalue weighted by Gasteiger charge is 2.67. The monoisotopic (exact) mass is 362 g/mol. The highest BCUT2D eigenvalue weighted by atomic mass is 16.7. The van der Waals surface area contributed by atoms with Crippen molar-refractivity contribution in [1.82, 2.24) is 0 Å². The van der Waals surface area contributed by atoms with Crippen molar-refractivity contribution in [3.63, 3.8) is 0 Å². The molecule has 4 rings (SSSR count). The van der Waals surface area contributed by atoms with Crippen LogP contribution in [0.3, 0.4) is 0 Å². The minimum absolute atomic E-state index is 0.140. The van der Waals surface area contributed by atoms with E-state index in [1.54, 1.807) is 0 Å². The van der Waals surface area contributed by atoms with Crippen LogP contribution >= 0.6 is 0 Å². The van der Waals surface area contributed by atoms with Crippen molar-refractivity contribution in [1.29, 1.82) is 0 Å². The lowest BCUT2D eigenvalue weighted by Crippen LogP contribution is -2.65. The van der Waals surface area contributed by atoms with Crippen molar-refractivity contribution < 1.29 is 18.8 Å². The van der Waals surface area contributed by atoms with Gasteiger partial charge >= 0.3 is 13.1 Å². The van der Waals surface area contributed by atoms with Gasteiger partial charge in [0.1, 0.15) is 5.60 Å². The van der Waals surface area contributed by atoms with Crippen LogP contribution in [0.5, 0.6) is 0 Å². The van der Waals surface area contributed by atoms with E-state index in [-0.39, 0.29) is 30.7 Å². The molecule has 4 aliphatic rings. The van der Waals surface area contributed by atoms with Crippen molar-refractivity contribution in [2.24, 2.45) is 23.2 Å². The van der Waals surface area contributed by atoms with Gasteiger partial charge in [-0.2, -0.15) is 0 Å². The summed E-state index contributed by atoms with van der Waals surface area (Å²) in [5.74, 6) is 1.37. The molecule has 0 N–H and O–H groups in total. The molecule has 0 aromatic carbocycles. The summed E-state index contributed by atoms with van der Waals surface area (Å²) in [6.45, 7) is 14.7. The third-order valence-electron chi connectivity index (χ3n) is 6.70. The van der Waals surface area contributed by atoms with E-state index in [9.17, 15) is 4.79 Å². The second-order valence-electron chi connectivity index (χ2n) is 10.3. The van der Waals surface area contributed by atoms with E-state index >= 15 is 0 Å². The molecule has 146 valence electrons. The molecule has 26 heavy (non-hydrogen) atoms. The number of hydrogen-bond acceptors (Lipinski definition) is 4. The molecule has 0 radical (unpaired) electrons. The second-order valence-corrected chi connectivity index (χ2v) is 10.3. The number of carbonyl (C=O) groups excluding carboxylic acids is 1. The number of hydrogen-bond donors (Lipinski definition) is 0. The second kappa shape index (κ2) is 6.66. The van der Waals surface area contributed by atoms with Crippen LogP contribution < -0.4 is 0 Å². The van der Waals surface area contributed by atoms with Crippen LogP contribution in [0, 0.1) is 23.2 Å². The average molecular weight is 362 g/mol. The normalized spacial score (nSPS) is 36.6. The van der Waals surface area contributed by atoms with Crippen molar-refractivity contribution in [2.75, 3.05) is 0 Å². The molecule has 1 saturated heterocycles. The molecule has 2 bridgehead atoms. The third-order valence-corrected chi connectivity index (χ3v) is 6.70. The lowest BCUT2D eigenvalue weighted by molar-refractivity contribution is -0.199. The Morgan fingerprint density at radius 1 is 1.31 bits per heavy atom. The Hall–Kier alpha value is -0.805. The molecule has 1 aliphatic heterocycles. The maximum atomic E-state index is 11.9. The zero-order valence-electron chi connectivity index (χ0n) is 17.5. The predicted octanol–water partition coefficient (Wildman–Crippen LogP) is 4.64. The van der Waals surface area contributed by atoms with Gasteiger partial charge in [0.05, 0.1) is 18.1 Å². The van der Waals surface area contributed by atoms with Crippen molar-refractivity contribution in [3.05, 3.63) is 12.2 Å². The Kier molecular flexibility index (Phi) is 5.11. The first-order valence-corrected chi connectivity index (χ1v) is 10.1. The number of esters is 1. The fourth-order valence-electron chi connectivity index (χ4n) is 5.19. The van der Waals surface area contributed by atoms with Gasteiger partial charge in [-0.1, -0.05) is 32.9 Å². The Morgan fingerprint density at radius 2 is 2.00 bits per heavy atom. The molecule has 3 saturated carbocycles. The zero-order valence-corrected chi connectivity index (χ0v) is 17.5. The van der Waals surface area contributed by atoms with Gasteiger partial charge in [0, 0.05) is 6.32 Å². The minimum Gasteiger partial charge on any atom is -0.460 e. The summed E-state index contributed by atoms with van der Waals surface area (Å²) in [7, 11) is -0.162. The quantitative estimate of drug-likeness (QED) is 0.406. The minimum atomic E-state index is -0.424. The zero-order chi connectivity index (χ0) is 19.3. The molecular formula is C21H35BO4. The van der Waals surface area contributed by atoms with Gasteiger partial charge in [-0.05, 0) is 63.7 Å². The highest BCUT2D eigenvalue weighted by Crippen LogP contribution is 2.65. The van der Waals surface area contributed by atoms with Gasteiger partial charge in [0.25, 0.3) is 0 Å². The van der Waals surface area contributed by atoms with Crippen LogP contribution in [0.2, 0.25) is 6.32 Å². The largest absolute Gasteiger partial charge is 0.461 e. The maximum absolute atomic E-state index is 11.9. The van der Waals surface area contributed by atoms with Crippen LogP contribution in [-0.2, 0) is 18.8 Å². The summed E-state index contributed by atoms with van der Waals surface area (Å²) in [5.41, 5.74) is -0.188. The standard InChI is InChI=1S/C21H35BO4/c1-14(11-18(23)24-19(2,3)4)9-8-10-22-25-17-13-15-12-16(20(15,5)6)21(17,7)26-22/h8-9,14-17H,10-13H2,1-7H3/b9-8-/t14-,15+,16+,17?,21+/m1/s1. The smallest absolute Gasteiger partial charge is 0.460 e. The topological polar surface area (TPSA) is 44.8 Å². The Balaban J connectivity index is 1.48. The Labute approximate surface area is 159 Å². The molecule has 0 amide bonds. The first kappa shape index (κ1) is 19.9. The summed E-state index contributed by atoms with van der Waals surface area (Å²) >= 11 is 0. The molecule has 4 fully saturated rings. The van der Waals surface area contributed by atoms with Crippen molar-refractivity contribution in [2.45, 2.75) is 91.4 Å². The van der Waals surface area contributed by atoms with E-state index in [1.165, 1.54) is 6.42 Å². The highest BCUT2D eigenvalue weighted by molar-refractivity contribution is 6.46. The maximum Gasteiger partial charge on any atom is 0.461 e. The summed E-state index contributed by atoms with van der Waals surface area (Å²) < 4.78 is 18.0. The lowest BCUT2D eigenvalue weighted by atomic mass is 9.43.